The summed E-state index contributed by atoms with van der Waals surface area (Å²) in [6.07, 6.45) is -0.595. The Bertz CT molecular complexity index is 1430. The van der Waals surface area contributed by atoms with Gasteiger partial charge in [-0.1, -0.05) is 24.3 Å². The lowest BCUT2D eigenvalue weighted by atomic mass is 9.80. The van der Waals surface area contributed by atoms with Crippen LogP contribution in [-0.4, -0.2) is 60.9 Å². The van der Waals surface area contributed by atoms with Crippen molar-refractivity contribution in [2.75, 3.05) is 27.3 Å². The Morgan fingerprint density at radius 1 is 1.00 bits per heavy atom. The Morgan fingerprint density at radius 3 is 2.27 bits per heavy atom. The van der Waals surface area contributed by atoms with Crippen molar-refractivity contribution in [3.05, 3.63) is 92.3 Å². The predicted octanol–water partition coefficient (Wildman–Crippen LogP) is 3.88. The maximum atomic E-state index is 13.4. The Labute approximate surface area is 230 Å². The van der Waals surface area contributed by atoms with Crippen molar-refractivity contribution in [1.82, 2.24) is 10.2 Å². The molecule has 0 saturated heterocycles. The van der Waals surface area contributed by atoms with Crippen LogP contribution < -0.4 is 10.1 Å². The van der Waals surface area contributed by atoms with Crippen molar-refractivity contribution < 1.29 is 38.3 Å². The Kier molecular flexibility index (Phi) is 9.38. The molecule has 0 radical (unpaired) electrons. The van der Waals surface area contributed by atoms with Gasteiger partial charge in [0.1, 0.15) is 5.75 Å². The first-order valence-corrected chi connectivity index (χ1v) is 12.2. The number of Topliss-reactive ketones (excluding diaryl/α,β-unsaturated/α-hetero) is 1. The van der Waals surface area contributed by atoms with Crippen LogP contribution in [0.4, 0.5) is 10.5 Å². The van der Waals surface area contributed by atoms with Crippen LogP contribution in [0.1, 0.15) is 42.6 Å². The topological polar surface area (TPSA) is 154 Å². The van der Waals surface area contributed by atoms with Gasteiger partial charge in [0.15, 0.2) is 12.4 Å². The number of allylic oxidation sites excluding steroid dienone is 2. The molecule has 2 aromatic carbocycles. The number of nitro benzene ring substituents is 1. The first-order chi connectivity index (χ1) is 19.0. The van der Waals surface area contributed by atoms with E-state index in [1.165, 1.54) is 54.5 Å². The van der Waals surface area contributed by atoms with Crippen LogP contribution in [0, 0.1) is 10.1 Å². The Balaban J connectivity index is 1.88. The number of benzene rings is 2. The van der Waals surface area contributed by atoms with E-state index in [9.17, 15) is 29.3 Å². The van der Waals surface area contributed by atoms with Gasteiger partial charge < -0.3 is 24.4 Å². The first-order valence-electron chi connectivity index (χ1n) is 12.2. The number of hydrogen-bond donors (Lipinski definition) is 1. The quantitative estimate of drug-likeness (QED) is 0.210. The SMILES string of the molecule is CCN(C)C(=O)Oc1cccc(C(=O)COC(=O)C2=C(C)NC(C)=C(C(=O)OC)C2c2cccc([N+](=O)[O-])c2)c1. The molecule has 1 aliphatic rings. The number of nitrogens with one attached hydrogen (secondary N) is 1. The van der Waals surface area contributed by atoms with Crippen molar-refractivity contribution in [2.24, 2.45) is 0 Å². The van der Waals surface area contributed by atoms with Gasteiger partial charge in [-0.2, -0.15) is 0 Å². The second-order valence-electron chi connectivity index (χ2n) is 8.89. The second kappa shape index (κ2) is 12.7. The molecular formula is C28H29N3O9. The summed E-state index contributed by atoms with van der Waals surface area (Å²) in [7, 11) is 2.75. The maximum absolute atomic E-state index is 13.4. The van der Waals surface area contributed by atoms with Crippen LogP contribution in [0.25, 0.3) is 0 Å². The molecule has 1 atom stereocenters. The average Bonchev–Trinajstić information content (AvgIpc) is 2.94. The molecule has 1 heterocycles. The van der Waals surface area contributed by atoms with E-state index >= 15 is 0 Å². The van der Waals surface area contributed by atoms with Crippen LogP contribution in [0.2, 0.25) is 0 Å². The molecule has 0 bridgehead atoms. The van der Waals surface area contributed by atoms with E-state index in [0.717, 1.165) is 0 Å². The summed E-state index contributed by atoms with van der Waals surface area (Å²) >= 11 is 0. The van der Waals surface area contributed by atoms with Crippen LogP contribution in [0.15, 0.2) is 71.1 Å². The number of nitrogens with zero attached hydrogens (tertiary/aromatic N) is 2. The number of rotatable bonds is 9. The van der Waals surface area contributed by atoms with Crippen LogP contribution in [0.5, 0.6) is 5.75 Å². The Morgan fingerprint density at radius 2 is 1.65 bits per heavy atom. The van der Waals surface area contributed by atoms with Crippen LogP contribution in [0.3, 0.4) is 0 Å². The number of nitro groups is 1. The van der Waals surface area contributed by atoms with Crippen molar-refractivity contribution in [1.29, 1.82) is 0 Å². The number of ketones is 1. The molecule has 2 aromatic rings. The lowest BCUT2D eigenvalue weighted by Crippen LogP contribution is -2.32. The lowest BCUT2D eigenvalue weighted by molar-refractivity contribution is -0.384. The van der Waals surface area contributed by atoms with E-state index in [1.807, 2.05) is 0 Å². The molecule has 40 heavy (non-hydrogen) atoms. The standard InChI is InChI=1S/C28H29N3O9/c1-6-30(4)28(35)40-21-12-8-9-18(14-21)22(32)15-39-27(34)24-17(3)29-16(2)23(26(33)38-5)25(24)19-10-7-11-20(13-19)31(36)37/h7-14,25,29H,6,15H2,1-5H3. The molecule has 0 aliphatic carbocycles. The summed E-state index contributed by atoms with van der Waals surface area (Å²) in [4.78, 5) is 63.2. The van der Waals surface area contributed by atoms with Crippen LogP contribution >= 0.6 is 0 Å². The first kappa shape index (κ1) is 29.6. The molecule has 1 N–H and O–H groups in total. The summed E-state index contributed by atoms with van der Waals surface area (Å²) in [6.45, 7) is 4.76. The highest BCUT2D eigenvalue weighted by Crippen LogP contribution is 2.40. The second-order valence-corrected chi connectivity index (χ2v) is 8.89. The van der Waals surface area contributed by atoms with Gasteiger partial charge in [0.2, 0.25) is 0 Å². The number of hydrogen-bond acceptors (Lipinski definition) is 10. The summed E-state index contributed by atoms with van der Waals surface area (Å²) in [5.74, 6) is -3.13. The molecule has 1 amide bonds. The normalized spacial score (nSPS) is 14.7. The van der Waals surface area contributed by atoms with E-state index in [1.54, 1.807) is 33.9 Å². The minimum atomic E-state index is -1.06. The van der Waals surface area contributed by atoms with Gasteiger partial charge in [0.05, 0.1) is 29.1 Å². The number of amides is 1. The molecule has 1 unspecified atom stereocenters. The van der Waals surface area contributed by atoms with Gasteiger partial charge in [0.25, 0.3) is 5.69 Å². The van der Waals surface area contributed by atoms with Gasteiger partial charge in [-0.15, -0.1) is 0 Å². The van der Waals surface area contributed by atoms with Gasteiger partial charge >= 0.3 is 18.0 Å². The van der Waals surface area contributed by atoms with Crippen molar-refractivity contribution in [3.63, 3.8) is 0 Å². The number of non-ortho nitro benzene ring substituents is 1. The van der Waals surface area contributed by atoms with Crippen molar-refractivity contribution in [2.45, 2.75) is 26.7 Å². The number of dihydropyridines is 1. The highest BCUT2D eigenvalue weighted by molar-refractivity contribution is 6.02. The summed E-state index contributed by atoms with van der Waals surface area (Å²) in [5.41, 5.74) is 0.999. The van der Waals surface area contributed by atoms with E-state index in [2.05, 4.69) is 5.32 Å². The predicted molar refractivity (Wildman–Crippen MR) is 142 cm³/mol. The highest BCUT2D eigenvalue weighted by atomic mass is 16.6. The fourth-order valence-corrected chi connectivity index (χ4v) is 4.13. The van der Waals surface area contributed by atoms with Gasteiger partial charge in [-0.25, -0.2) is 14.4 Å². The summed E-state index contributed by atoms with van der Waals surface area (Å²) in [5, 5.41) is 14.4. The summed E-state index contributed by atoms with van der Waals surface area (Å²) in [6, 6.07) is 11.4. The zero-order chi connectivity index (χ0) is 29.6. The molecule has 0 aromatic heterocycles. The van der Waals surface area contributed by atoms with Gasteiger partial charge in [0, 0.05) is 42.7 Å². The fraction of sp³-hybridized carbons (Fsp3) is 0.286. The molecule has 210 valence electrons. The molecule has 3 rings (SSSR count). The number of carbonyl (C=O) groups excluding carboxylic acids is 4. The number of ether oxygens (including phenoxy) is 3. The summed E-state index contributed by atoms with van der Waals surface area (Å²) < 4.78 is 15.5. The molecule has 0 saturated carbocycles. The number of carbonyl (C=O) groups is 4. The van der Waals surface area contributed by atoms with Crippen molar-refractivity contribution in [3.8, 4) is 5.75 Å². The van der Waals surface area contributed by atoms with E-state index in [4.69, 9.17) is 14.2 Å². The van der Waals surface area contributed by atoms with E-state index in [-0.39, 0.29) is 28.1 Å². The highest BCUT2D eigenvalue weighted by Gasteiger charge is 2.38. The third kappa shape index (κ3) is 6.52. The molecule has 0 spiro atoms. The Hall–Kier alpha value is -5.00. The minimum Gasteiger partial charge on any atom is -0.466 e. The smallest absolute Gasteiger partial charge is 0.414 e. The van der Waals surface area contributed by atoms with E-state index in [0.29, 0.717) is 23.5 Å². The minimum absolute atomic E-state index is 0.00965. The third-order valence-corrected chi connectivity index (χ3v) is 6.28. The van der Waals surface area contributed by atoms with Crippen molar-refractivity contribution >= 4 is 29.5 Å². The zero-order valence-corrected chi connectivity index (χ0v) is 22.7. The monoisotopic (exact) mass is 551 g/mol. The fourth-order valence-electron chi connectivity index (χ4n) is 4.13. The van der Waals surface area contributed by atoms with Crippen LogP contribution in [-0.2, 0) is 19.1 Å². The van der Waals surface area contributed by atoms with E-state index < -0.39 is 41.3 Å². The largest absolute Gasteiger partial charge is 0.466 e. The maximum Gasteiger partial charge on any atom is 0.414 e. The number of esters is 2. The molecular weight excluding hydrogens is 522 g/mol. The number of methoxy groups -OCH3 is 1. The molecule has 12 nitrogen and oxygen atoms in total. The molecule has 0 fully saturated rings. The average molecular weight is 552 g/mol. The zero-order valence-electron chi connectivity index (χ0n) is 22.7. The molecule has 1 aliphatic heterocycles. The van der Waals surface area contributed by atoms with Gasteiger partial charge in [-0.05, 0) is 38.5 Å². The lowest BCUT2D eigenvalue weighted by Gasteiger charge is -2.30. The van der Waals surface area contributed by atoms with Gasteiger partial charge in [-0.3, -0.25) is 14.9 Å². The third-order valence-electron chi connectivity index (χ3n) is 6.28. The molecule has 12 heteroatoms.